The van der Waals surface area contributed by atoms with Gasteiger partial charge in [0.05, 0.1) is 12.2 Å². The van der Waals surface area contributed by atoms with Crippen LogP contribution in [0.25, 0.3) is 11.1 Å². The zero-order valence-electron chi connectivity index (χ0n) is 12.0. The molecule has 1 N–H and O–H groups in total. The fraction of sp³-hybridized carbons (Fsp3) is 0.111. The molecule has 0 aliphatic heterocycles. The number of rotatable bonds is 6. The molecule has 4 heteroatoms. The Morgan fingerprint density at radius 3 is 2.45 bits per heavy atom. The van der Waals surface area contributed by atoms with Gasteiger partial charge in [0.15, 0.2) is 0 Å². The molecule has 112 valence electrons. The molecule has 22 heavy (non-hydrogen) atoms. The molecule has 4 nitrogen and oxygen atoms in total. The van der Waals surface area contributed by atoms with Crippen molar-refractivity contribution in [3.8, 4) is 11.1 Å². The molecule has 2 aromatic carbocycles. The van der Waals surface area contributed by atoms with Gasteiger partial charge in [0.25, 0.3) is 0 Å². The van der Waals surface area contributed by atoms with E-state index in [0.29, 0.717) is 12.0 Å². The first-order valence-corrected chi connectivity index (χ1v) is 6.83. The lowest BCUT2D eigenvalue weighted by molar-refractivity contribution is -0.137. The topological polar surface area (TPSA) is 63.6 Å². The maximum Gasteiger partial charge on any atom is 0.336 e. The summed E-state index contributed by atoms with van der Waals surface area (Å²) in [6.07, 6.45) is 1.54. The highest BCUT2D eigenvalue weighted by Crippen LogP contribution is 2.28. The fourth-order valence-corrected chi connectivity index (χ4v) is 2.25. The predicted octanol–water partition coefficient (Wildman–Crippen LogP) is 3.32. The number of esters is 1. The fourth-order valence-electron chi connectivity index (χ4n) is 2.25. The van der Waals surface area contributed by atoms with E-state index in [9.17, 15) is 14.7 Å². The Bertz CT molecular complexity index is 689. The largest absolute Gasteiger partial charge is 0.478 e. The van der Waals surface area contributed by atoms with Crippen LogP contribution in [0.4, 0.5) is 0 Å². The van der Waals surface area contributed by atoms with Crippen LogP contribution in [0.5, 0.6) is 0 Å². The summed E-state index contributed by atoms with van der Waals surface area (Å²) in [7, 11) is 0. The Morgan fingerprint density at radius 1 is 1.09 bits per heavy atom. The molecule has 0 heterocycles. The van der Waals surface area contributed by atoms with Crippen LogP contribution in [0.3, 0.4) is 0 Å². The average Bonchev–Trinajstić information content (AvgIpc) is 2.55. The van der Waals surface area contributed by atoms with Gasteiger partial charge < -0.3 is 9.84 Å². The van der Waals surface area contributed by atoms with Crippen molar-refractivity contribution in [2.75, 3.05) is 6.61 Å². The average molecular weight is 296 g/mol. The van der Waals surface area contributed by atoms with Crippen LogP contribution >= 0.6 is 0 Å². The molecule has 0 unspecified atom stereocenters. The van der Waals surface area contributed by atoms with Crippen LogP contribution < -0.4 is 0 Å². The van der Waals surface area contributed by atoms with Gasteiger partial charge in [-0.2, -0.15) is 0 Å². The molecule has 0 radical (unpaired) electrons. The number of carboxylic acid groups (broad SMARTS) is 1. The van der Waals surface area contributed by atoms with Gasteiger partial charge in [-0.25, -0.2) is 9.59 Å². The first-order chi connectivity index (χ1) is 10.6. The minimum atomic E-state index is -0.983. The third-order valence-corrected chi connectivity index (χ3v) is 3.23. The molecule has 0 saturated heterocycles. The molecule has 0 fully saturated rings. The molecule has 2 aromatic rings. The standard InChI is InChI=1S/C18H16O4/c1-2-16(19)22-12-11-14-9-6-10-15(18(20)21)17(14)13-7-4-3-5-8-13/h2-10H,1,11-12H2,(H,20,21). The summed E-state index contributed by atoms with van der Waals surface area (Å²) in [5, 5.41) is 9.40. The molecule has 0 spiro atoms. The van der Waals surface area contributed by atoms with Crippen molar-refractivity contribution in [1.29, 1.82) is 0 Å². The number of benzene rings is 2. The summed E-state index contributed by atoms with van der Waals surface area (Å²) in [5.74, 6) is -1.47. The summed E-state index contributed by atoms with van der Waals surface area (Å²) >= 11 is 0. The number of hydrogen-bond acceptors (Lipinski definition) is 3. The highest BCUT2D eigenvalue weighted by molar-refractivity contribution is 5.97. The molecule has 0 aliphatic rings. The first kappa shape index (κ1) is 15.5. The number of carbonyl (C=O) groups excluding carboxylic acids is 1. The molecule has 0 saturated carbocycles. The van der Waals surface area contributed by atoms with Crippen LogP contribution in [-0.2, 0) is 16.0 Å². The van der Waals surface area contributed by atoms with E-state index in [1.165, 1.54) is 0 Å². The van der Waals surface area contributed by atoms with Crippen LogP contribution in [0, 0.1) is 0 Å². The molecule has 2 rings (SSSR count). The summed E-state index contributed by atoms with van der Waals surface area (Å²) in [6.45, 7) is 3.51. The highest BCUT2D eigenvalue weighted by Gasteiger charge is 2.15. The van der Waals surface area contributed by atoms with Crippen molar-refractivity contribution in [1.82, 2.24) is 0 Å². The lowest BCUT2D eigenvalue weighted by atomic mass is 9.93. The number of carboxylic acids is 1. The second-order valence-electron chi connectivity index (χ2n) is 4.63. The van der Waals surface area contributed by atoms with Crippen LogP contribution in [0.15, 0.2) is 61.2 Å². The van der Waals surface area contributed by atoms with Crippen LogP contribution in [-0.4, -0.2) is 23.7 Å². The summed E-state index contributed by atoms with van der Waals surface area (Å²) < 4.78 is 4.98. The first-order valence-electron chi connectivity index (χ1n) is 6.83. The molecular weight excluding hydrogens is 280 g/mol. The van der Waals surface area contributed by atoms with Gasteiger partial charge >= 0.3 is 11.9 Å². The van der Waals surface area contributed by atoms with Crippen molar-refractivity contribution in [2.24, 2.45) is 0 Å². The number of aromatic carboxylic acids is 1. The SMILES string of the molecule is C=CC(=O)OCCc1cccc(C(=O)O)c1-c1ccccc1. The van der Waals surface area contributed by atoms with Gasteiger partial charge in [-0.05, 0) is 22.8 Å². The second kappa shape index (κ2) is 7.22. The van der Waals surface area contributed by atoms with Gasteiger partial charge in [0, 0.05) is 12.5 Å². The maximum atomic E-state index is 11.5. The van der Waals surface area contributed by atoms with Crippen molar-refractivity contribution in [3.05, 3.63) is 72.3 Å². The minimum absolute atomic E-state index is 0.174. The van der Waals surface area contributed by atoms with Crippen molar-refractivity contribution in [2.45, 2.75) is 6.42 Å². The van der Waals surface area contributed by atoms with Crippen LogP contribution in [0.1, 0.15) is 15.9 Å². The molecule has 0 amide bonds. The zero-order chi connectivity index (χ0) is 15.9. The zero-order valence-corrected chi connectivity index (χ0v) is 12.0. The number of ether oxygens (including phenoxy) is 1. The Kier molecular flexibility index (Phi) is 5.09. The van der Waals surface area contributed by atoms with Gasteiger partial charge in [-0.1, -0.05) is 49.0 Å². The lowest BCUT2D eigenvalue weighted by Crippen LogP contribution is -2.07. The Hall–Kier alpha value is -2.88. The van der Waals surface area contributed by atoms with Gasteiger partial charge in [0.1, 0.15) is 0 Å². The number of hydrogen-bond donors (Lipinski definition) is 1. The smallest absolute Gasteiger partial charge is 0.336 e. The molecule has 0 bridgehead atoms. The van der Waals surface area contributed by atoms with Gasteiger partial charge in [0.2, 0.25) is 0 Å². The van der Waals surface area contributed by atoms with Crippen molar-refractivity contribution >= 4 is 11.9 Å². The Morgan fingerprint density at radius 2 is 1.82 bits per heavy atom. The van der Waals surface area contributed by atoms with Crippen molar-refractivity contribution < 1.29 is 19.4 Å². The summed E-state index contributed by atoms with van der Waals surface area (Å²) in [4.78, 5) is 22.6. The molecule has 0 aliphatic carbocycles. The monoisotopic (exact) mass is 296 g/mol. The van der Waals surface area contributed by atoms with E-state index < -0.39 is 11.9 Å². The van der Waals surface area contributed by atoms with E-state index in [1.54, 1.807) is 12.1 Å². The van der Waals surface area contributed by atoms with Crippen molar-refractivity contribution in [3.63, 3.8) is 0 Å². The van der Waals surface area contributed by atoms with E-state index >= 15 is 0 Å². The van der Waals surface area contributed by atoms with Gasteiger partial charge in [-0.3, -0.25) is 0 Å². The van der Waals surface area contributed by atoms with E-state index in [2.05, 4.69) is 6.58 Å². The van der Waals surface area contributed by atoms with E-state index in [1.807, 2.05) is 36.4 Å². The maximum absolute atomic E-state index is 11.5. The third kappa shape index (κ3) is 3.61. The molecule has 0 atom stereocenters. The molecule has 0 aromatic heterocycles. The second-order valence-corrected chi connectivity index (χ2v) is 4.63. The summed E-state index contributed by atoms with van der Waals surface area (Å²) in [6, 6.07) is 14.4. The number of carbonyl (C=O) groups is 2. The Balaban J connectivity index is 2.37. The summed E-state index contributed by atoms with van der Waals surface area (Å²) in [5.41, 5.74) is 2.54. The van der Waals surface area contributed by atoms with Gasteiger partial charge in [-0.15, -0.1) is 0 Å². The molecular formula is C18H16O4. The normalized spacial score (nSPS) is 10.0. The van der Waals surface area contributed by atoms with E-state index in [0.717, 1.165) is 17.2 Å². The van der Waals surface area contributed by atoms with E-state index in [-0.39, 0.29) is 12.2 Å². The lowest BCUT2D eigenvalue weighted by Gasteiger charge is -2.13. The minimum Gasteiger partial charge on any atom is -0.478 e. The third-order valence-electron chi connectivity index (χ3n) is 3.23. The highest BCUT2D eigenvalue weighted by atomic mass is 16.5. The van der Waals surface area contributed by atoms with Crippen LogP contribution in [0.2, 0.25) is 0 Å². The van der Waals surface area contributed by atoms with E-state index in [4.69, 9.17) is 4.74 Å². The Labute approximate surface area is 128 Å². The quantitative estimate of drug-likeness (QED) is 0.656. The predicted molar refractivity (Wildman–Crippen MR) is 83.7 cm³/mol.